The fourth-order valence-electron chi connectivity index (χ4n) is 4.10. The smallest absolute Gasteiger partial charge is 0.335 e. The zero-order chi connectivity index (χ0) is 15.4. The number of cyclic esters (lactones) is 1. The van der Waals surface area contributed by atoms with Crippen molar-refractivity contribution in [1.82, 2.24) is 0 Å². The van der Waals surface area contributed by atoms with Crippen molar-refractivity contribution in [3.05, 3.63) is 42.0 Å². The van der Waals surface area contributed by atoms with E-state index in [4.69, 9.17) is 9.47 Å². The molecule has 4 rings (SSSR count). The predicted octanol–water partition coefficient (Wildman–Crippen LogP) is 2.18. The van der Waals surface area contributed by atoms with E-state index in [-0.39, 0.29) is 35.6 Å². The fraction of sp³-hybridized carbons (Fsp3) is 0.412. The Labute approximate surface area is 127 Å². The van der Waals surface area contributed by atoms with Gasteiger partial charge >= 0.3 is 11.9 Å². The summed E-state index contributed by atoms with van der Waals surface area (Å²) in [5, 5.41) is 9.22. The number of carboxylic acids is 1. The summed E-state index contributed by atoms with van der Waals surface area (Å²) in [5.41, 5.74) is 1.25. The molecule has 0 radical (unpaired) electrons. The van der Waals surface area contributed by atoms with Crippen LogP contribution in [0.4, 0.5) is 0 Å². The molecule has 22 heavy (non-hydrogen) atoms. The number of esters is 1. The zero-order valence-corrected chi connectivity index (χ0v) is 11.9. The van der Waals surface area contributed by atoms with Crippen LogP contribution in [0.25, 0.3) is 5.57 Å². The van der Waals surface area contributed by atoms with E-state index in [1.807, 2.05) is 12.1 Å². The van der Waals surface area contributed by atoms with Gasteiger partial charge in [-0.15, -0.1) is 0 Å². The van der Waals surface area contributed by atoms with E-state index in [9.17, 15) is 14.7 Å². The molecule has 3 aliphatic rings. The molecule has 3 aliphatic heterocycles. The second-order valence-corrected chi connectivity index (χ2v) is 6.12. The van der Waals surface area contributed by atoms with Gasteiger partial charge in [0.1, 0.15) is 6.10 Å². The van der Waals surface area contributed by atoms with Gasteiger partial charge in [0.2, 0.25) is 0 Å². The van der Waals surface area contributed by atoms with Gasteiger partial charge in [-0.2, -0.15) is 0 Å². The average Bonchev–Trinajstić information content (AvgIpc) is 3.20. The number of hydrogen-bond acceptors (Lipinski definition) is 4. The van der Waals surface area contributed by atoms with Crippen molar-refractivity contribution in [2.45, 2.75) is 31.2 Å². The number of carbonyl (C=O) groups is 2. The molecule has 0 aliphatic carbocycles. The molecule has 1 aromatic rings. The van der Waals surface area contributed by atoms with Gasteiger partial charge in [-0.05, 0) is 18.4 Å². The van der Waals surface area contributed by atoms with E-state index < -0.39 is 12.1 Å². The number of aliphatic carboxylic acids is 1. The summed E-state index contributed by atoms with van der Waals surface area (Å²) in [4.78, 5) is 23.5. The highest BCUT2D eigenvalue weighted by Crippen LogP contribution is 2.55. The number of hydrogen-bond donors (Lipinski definition) is 1. The third-order valence-electron chi connectivity index (χ3n) is 5.05. The first-order valence-electron chi connectivity index (χ1n) is 7.45. The van der Waals surface area contributed by atoms with E-state index in [1.165, 1.54) is 0 Å². The molecule has 1 N–H and O–H groups in total. The quantitative estimate of drug-likeness (QED) is 0.684. The predicted molar refractivity (Wildman–Crippen MR) is 76.8 cm³/mol. The number of fused-ring (bicyclic) bond motifs is 5. The first-order chi connectivity index (χ1) is 10.6. The van der Waals surface area contributed by atoms with Crippen LogP contribution < -0.4 is 0 Å². The number of ether oxygens (including phenoxy) is 2. The van der Waals surface area contributed by atoms with Crippen LogP contribution in [-0.4, -0.2) is 29.3 Å². The summed E-state index contributed by atoms with van der Waals surface area (Å²) >= 11 is 0. The first kappa shape index (κ1) is 13.5. The lowest BCUT2D eigenvalue weighted by Gasteiger charge is -2.24. The molecule has 5 heteroatoms. The molecule has 0 saturated carbocycles. The standard InChI is InChI=1S/C17H16O5/c1-8(16(18)19)9-4-2-3-5-10(9)15-13-11-6-7-12(21-11)14(13)17(20)22-15/h2-5,11-15H,1,6-7H2,(H,18,19). The van der Waals surface area contributed by atoms with E-state index in [0.717, 1.165) is 12.8 Å². The first-order valence-corrected chi connectivity index (χ1v) is 7.45. The maximum atomic E-state index is 12.2. The fourth-order valence-corrected chi connectivity index (χ4v) is 4.10. The number of benzene rings is 1. The van der Waals surface area contributed by atoms with Crippen molar-refractivity contribution in [2.24, 2.45) is 11.8 Å². The molecule has 0 aromatic heterocycles. The van der Waals surface area contributed by atoms with Crippen LogP contribution in [0.15, 0.2) is 30.8 Å². The minimum atomic E-state index is -1.07. The van der Waals surface area contributed by atoms with Crippen LogP contribution in [0, 0.1) is 11.8 Å². The van der Waals surface area contributed by atoms with Gasteiger partial charge in [-0.3, -0.25) is 4.79 Å². The largest absolute Gasteiger partial charge is 0.478 e. The van der Waals surface area contributed by atoms with Crippen LogP contribution >= 0.6 is 0 Å². The Balaban J connectivity index is 1.76. The van der Waals surface area contributed by atoms with Gasteiger partial charge in [-0.1, -0.05) is 30.8 Å². The van der Waals surface area contributed by atoms with E-state index >= 15 is 0 Å². The average molecular weight is 300 g/mol. The van der Waals surface area contributed by atoms with E-state index in [2.05, 4.69) is 6.58 Å². The van der Waals surface area contributed by atoms with Gasteiger partial charge < -0.3 is 14.6 Å². The third-order valence-corrected chi connectivity index (χ3v) is 5.05. The van der Waals surface area contributed by atoms with Crippen molar-refractivity contribution in [2.75, 3.05) is 0 Å². The van der Waals surface area contributed by atoms with Gasteiger partial charge in [0.25, 0.3) is 0 Å². The molecule has 3 fully saturated rings. The van der Waals surface area contributed by atoms with Crippen LogP contribution in [0.5, 0.6) is 0 Å². The Kier molecular flexibility index (Phi) is 2.87. The van der Waals surface area contributed by atoms with Crippen molar-refractivity contribution >= 4 is 17.5 Å². The summed E-state index contributed by atoms with van der Waals surface area (Å²) in [6, 6.07) is 7.11. The van der Waals surface area contributed by atoms with Crippen LogP contribution in [0.2, 0.25) is 0 Å². The lowest BCUT2D eigenvalue weighted by Crippen LogP contribution is -2.28. The molecular weight excluding hydrogens is 284 g/mol. The summed E-state index contributed by atoms with van der Waals surface area (Å²) in [5.74, 6) is -1.53. The monoisotopic (exact) mass is 300 g/mol. The summed E-state index contributed by atoms with van der Waals surface area (Å²) < 4.78 is 11.5. The van der Waals surface area contributed by atoms with Crippen LogP contribution in [0.3, 0.4) is 0 Å². The molecule has 5 unspecified atom stereocenters. The summed E-state index contributed by atoms with van der Waals surface area (Å²) in [7, 11) is 0. The molecule has 0 amide bonds. The minimum absolute atomic E-state index is 0.0131. The second-order valence-electron chi connectivity index (χ2n) is 6.12. The number of carboxylic acid groups (broad SMARTS) is 1. The molecule has 3 heterocycles. The zero-order valence-electron chi connectivity index (χ0n) is 11.9. The van der Waals surface area contributed by atoms with Crippen LogP contribution in [0.1, 0.15) is 30.1 Å². The molecule has 0 spiro atoms. The molecule has 2 bridgehead atoms. The highest BCUT2D eigenvalue weighted by molar-refractivity contribution is 6.15. The second kappa shape index (κ2) is 4.68. The molecule has 1 aromatic carbocycles. The van der Waals surface area contributed by atoms with Crippen molar-refractivity contribution in [3.63, 3.8) is 0 Å². The maximum Gasteiger partial charge on any atom is 0.335 e. The Morgan fingerprint density at radius 2 is 1.95 bits per heavy atom. The maximum absolute atomic E-state index is 12.2. The number of carbonyl (C=O) groups excluding carboxylic acids is 1. The van der Waals surface area contributed by atoms with Gasteiger partial charge in [0.15, 0.2) is 0 Å². The molecule has 3 saturated heterocycles. The SMILES string of the molecule is C=C(C(=O)O)c1ccccc1C1OC(=O)C2C3CCC(O3)C12. The minimum Gasteiger partial charge on any atom is -0.478 e. The normalized spacial score (nSPS) is 35.3. The van der Waals surface area contributed by atoms with E-state index in [0.29, 0.717) is 11.1 Å². The Morgan fingerprint density at radius 1 is 1.23 bits per heavy atom. The van der Waals surface area contributed by atoms with Crippen LogP contribution in [-0.2, 0) is 19.1 Å². The Bertz CT molecular complexity index is 679. The lowest BCUT2D eigenvalue weighted by molar-refractivity contribution is -0.147. The lowest BCUT2D eigenvalue weighted by atomic mass is 9.76. The van der Waals surface area contributed by atoms with Gasteiger partial charge in [0, 0.05) is 11.5 Å². The summed E-state index contributed by atoms with van der Waals surface area (Å²) in [6.45, 7) is 3.64. The van der Waals surface area contributed by atoms with Gasteiger partial charge in [-0.25, -0.2) is 4.79 Å². The van der Waals surface area contributed by atoms with Crippen molar-refractivity contribution < 1.29 is 24.2 Å². The molecular formula is C17H16O5. The Morgan fingerprint density at radius 3 is 2.73 bits per heavy atom. The van der Waals surface area contributed by atoms with Gasteiger partial charge in [0.05, 0.1) is 23.7 Å². The van der Waals surface area contributed by atoms with E-state index in [1.54, 1.807) is 12.1 Å². The molecule has 114 valence electrons. The Hall–Kier alpha value is -2.14. The third kappa shape index (κ3) is 1.75. The van der Waals surface area contributed by atoms with Crippen molar-refractivity contribution in [1.29, 1.82) is 0 Å². The topological polar surface area (TPSA) is 72.8 Å². The molecule has 5 nitrogen and oxygen atoms in total. The van der Waals surface area contributed by atoms with Crippen molar-refractivity contribution in [3.8, 4) is 0 Å². The summed E-state index contributed by atoms with van der Waals surface area (Å²) in [6.07, 6.45) is 1.37. The highest BCUT2D eigenvalue weighted by atomic mass is 16.6. The number of rotatable bonds is 3. The highest BCUT2D eigenvalue weighted by Gasteiger charge is 2.61. The molecule has 5 atom stereocenters.